The van der Waals surface area contributed by atoms with Crippen LogP contribution in [0.2, 0.25) is 0 Å². The number of rotatable bonds is 6. The monoisotopic (exact) mass is 684 g/mol. The van der Waals surface area contributed by atoms with E-state index in [9.17, 15) is 0 Å². The minimum atomic E-state index is 0.489. The molecule has 0 spiro atoms. The van der Waals surface area contributed by atoms with Crippen LogP contribution in [0.1, 0.15) is 0 Å². The Bertz CT molecular complexity index is 2930. The van der Waals surface area contributed by atoms with E-state index in [-0.39, 0.29) is 0 Å². The molecule has 11 rings (SSSR count). The van der Waals surface area contributed by atoms with E-state index in [1.807, 2.05) is 102 Å². The Morgan fingerprint density at radius 1 is 0.340 bits per heavy atom. The first-order valence-corrected chi connectivity index (χ1v) is 17.5. The van der Waals surface area contributed by atoms with Gasteiger partial charge in [0.2, 0.25) is 11.7 Å². The van der Waals surface area contributed by atoms with E-state index in [1.165, 1.54) is 0 Å². The number of furan rings is 3. The molecular weight excluding hydrogens is 657 g/mol. The minimum absolute atomic E-state index is 0.489. The predicted octanol–water partition coefficient (Wildman–Crippen LogP) is 13.1. The summed E-state index contributed by atoms with van der Waals surface area (Å²) in [5, 5.41) is 6.10. The molecule has 0 atom stereocenters. The van der Waals surface area contributed by atoms with Gasteiger partial charge in [-0.2, -0.15) is 4.98 Å². The van der Waals surface area contributed by atoms with Gasteiger partial charge in [-0.15, -0.1) is 0 Å². The Morgan fingerprint density at radius 2 is 0.774 bits per heavy atom. The maximum atomic E-state index is 6.56. The zero-order valence-electron chi connectivity index (χ0n) is 28.2. The molecule has 0 saturated carbocycles. The van der Waals surface area contributed by atoms with Crippen LogP contribution in [0, 0.1) is 0 Å². The molecule has 250 valence electrons. The molecule has 0 aliphatic carbocycles. The highest BCUT2D eigenvalue weighted by Crippen LogP contribution is 2.42. The van der Waals surface area contributed by atoms with Gasteiger partial charge in [-0.3, -0.25) is 4.90 Å². The van der Waals surface area contributed by atoms with Crippen molar-refractivity contribution in [3.8, 4) is 0 Å². The highest BCUT2D eigenvalue weighted by Gasteiger charge is 2.21. The minimum Gasteiger partial charge on any atom is -0.456 e. The summed E-state index contributed by atoms with van der Waals surface area (Å²) in [4.78, 5) is 14.2. The van der Waals surface area contributed by atoms with Crippen LogP contribution < -0.4 is 9.80 Å². The second kappa shape index (κ2) is 11.6. The molecule has 0 amide bonds. The summed E-state index contributed by atoms with van der Waals surface area (Å²) < 4.78 is 19.1. The summed E-state index contributed by atoms with van der Waals surface area (Å²) in [6.07, 6.45) is 1.85. The van der Waals surface area contributed by atoms with Gasteiger partial charge in [-0.05, 0) is 72.8 Å². The van der Waals surface area contributed by atoms with Crippen molar-refractivity contribution in [2.45, 2.75) is 0 Å². The zero-order valence-corrected chi connectivity index (χ0v) is 28.2. The lowest BCUT2D eigenvalue weighted by Crippen LogP contribution is -2.13. The van der Waals surface area contributed by atoms with Crippen LogP contribution in [0.3, 0.4) is 0 Å². The highest BCUT2D eigenvalue weighted by atomic mass is 16.3. The molecule has 7 nitrogen and oxygen atoms in total. The molecule has 0 saturated heterocycles. The van der Waals surface area contributed by atoms with Gasteiger partial charge in [0.25, 0.3) is 0 Å². The number of hydrogen-bond acceptors (Lipinski definition) is 7. The van der Waals surface area contributed by atoms with Crippen LogP contribution in [0.4, 0.5) is 34.4 Å². The van der Waals surface area contributed by atoms with E-state index in [0.29, 0.717) is 17.2 Å². The van der Waals surface area contributed by atoms with E-state index in [1.54, 1.807) is 0 Å². The number of hydrogen-bond donors (Lipinski definition) is 0. The molecule has 0 aliphatic heterocycles. The maximum absolute atomic E-state index is 6.56. The number of anilines is 6. The van der Waals surface area contributed by atoms with E-state index < -0.39 is 0 Å². The molecule has 53 heavy (non-hydrogen) atoms. The molecule has 0 N–H and O–H groups in total. The molecule has 4 aromatic heterocycles. The van der Waals surface area contributed by atoms with Gasteiger partial charge >= 0.3 is 0 Å². The van der Waals surface area contributed by atoms with E-state index >= 15 is 0 Å². The standard InChI is InChI=1S/C46H28N4O3/c1-3-11-29(12-4-1)49(31-19-22-36-34-15-7-9-17-40(34)51-42(36)25-31)32-20-24-38-39-28-47-46(48-45(39)53-44(38)26-32)50(30-13-5-2-6-14-30)33-21-23-37-35-16-8-10-18-41(35)52-43(37)27-33/h1-28H. The quantitative estimate of drug-likeness (QED) is 0.173. The van der Waals surface area contributed by atoms with E-state index in [4.69, 9.17) is 23.2 Å². The van der Waals surface area contributed by atoms with Gasteiger partial charge in [0.1, 0.15) is 27.9 Å². The van der Waals surface area contributed by atoms with Gasteiger partial charge in [-0.25, -0.2) is 4.98 Å². The van der Waals surface area contributed by atoms with Crippen LogP contribution >= 0.6 is 0 Å². The van der Waals surface area contributed by atoms with Gasteiger partial charge in [0.05, 0.1) is 11.1 Å². The average molecular weight is 685 g/mol. The highest BCUT2D eigenvalue weighted by molar-refractivity contribution is 6.08. The molecular formula is C46H28N4O3. The lowest BCUT2D eigenvalue weighted by molar-refractivity contribution is 0.653. The van der Waals surface area contributed by atoms with Crippen molar-refractivity contribution in [1.82, 2.24) is 9.97 Å². The van der Waals surface area contributed by atoms with Crippen molar-refractivity contribution in [2.24, 2.45) is 0 Å². The summed E-state index contributed by atoms with van der Waals surface area (Å²) in [5.74, 6) is 0.489. The van der Waals surface area contributed by atoms with Crippen LogP contribution in [0.5, 0.6) is 0 Å². The summed E-state index contributed by atoms with van der Waals surface area (Å²) >= 11 is 0. The lowest BCUT2D eigenvalue weighted by Gasteiger charge is -2.25. The third-order valence-corrected chi connectivity index (χ3v) is 9.93. The number of nitrogens with zero attached hydrogens (tertiary/aromatic N) is 4. The number of benzene rings is 7. The Morgan fingerprint density at radius 3 is 1.34 bits per heavy atom. The fraction of sp³-hybridized carbons (Fsp3) is 0. The molecule has 0 unspecified atom stereocenters. The normalized spacial score (nSPS) is 11.8. The molecule has 0 fully saturated rings. The van der Waals surface area contributed by atoms with Gasteiger partial charge in [0.15, 0.2) is 0 Å². The van der Waals surface area contributed by atoms with Gasteiger partial charge in [-0.1, -0.05) is 72.8 Å². The van der Waals surface area contributed by atoms with Gasteiger partial charge in [0, 0.05) is 74.1 Å². The fourth-order valence-corrected chi connectivity index (χ4v) is 7.48. The maximum Gasteiger partial charge on any atom is 0.237 e. The zero-order chi connectivity index (χ0) is 34.9. The molecule has 7 aromatic carbocycles. The molecule has 7 heteroatoms. The third-order valence-electron chi connectivity index (χ3n) is 9.93. The summed E-state index contributed by atoms with van der Waals surface area (Å²) in [6.45, 7) is 0. The van der Waals surface area contributed by atoms with Crippen LogP contribution in [-0.2, 0) is 0 Å². The van der Waals surface area contributed by atoms with E-state index in [2.05, 4.69) is 77.7 Å². The Balaban J connectivity index is 1.03. The molecule has 0 aliphatic rings. The lowest BCUT2D eigenvalue weighted by atomic mass is 10.1. The third kappa shape index (κ3) is 4.75. The van der Waals surface area contributed by atoms with Crippen molar-refractivity contribution in [3.05, 3.63) is 170 Å². The predicted molar refractivity (Wildman–Crippen MR) is 213 cm³/mol. The number of fused-ring (bicyclic) bond motifs is 9. The van der Waals surface area contributed by atoms with Crippen molar-refractivity contribution in [2.75, 3.05) is 9.80 Å². The molecule has 11 aromatic rings. The molecule has 4 heterocycles. The fourth-order valence-electron chi connectivity index (χ4n) is 7.48. The Hall–Kier alpha value is -7.38. The summed E-state index contributed by atoms with van der Waals surface area (Å²) in [5.41, 5.74) is 9.29. The van der Waals surface area contributed by atoms with Crippen LogP contribution in [0.15, 0.2) is 183 Å². The summed E-state index contributed by atoms with van der Waals surface area (Å²) in [7, 11) is 0. The number of aromatic nitrogens is 2. The van der Waals surface area contributed by atoms with Crippen molar-refractivity contribution in [3.63, 3.8) is 0 Å². The first-order chi connectivity index (χ1) is 26.2. The van der Waals surface area contributed by atoms with Gasteiger partial charge < -0.3 is 18.2 Å². The molecule has 0 bridgehead atoms. The number of para-hydroxylation sites is 4. The molecule has 0 radical (unpaired) electrons. The van der Waals surface area contributed by atoms with Crippen molar-refractivity contribution < 1.29 is 13.3 Å². The largest absolute Gasteiger partial charge is 0.456 e. The van der Waals surface area contributed by atoms with Crippen molar-refractivity contribution >= 4 is 100 Å². The van der Waals surface area contributed by atoms with Crippen molar-refractivity contribution in [1.29, 1.82) is 0 Å². The van der Waals surface area contributed by atoms with Crippen LogP contribution in [-0.4, -0.2) is 9.97 Å². The SMILES string of the molecule is c1ccc(N(c2ccc3c(c2)oc2ccccc23)c2ccc3c(c2)oc2nc(N(c4ccccc4)c4ccc5c(c4)oc4ccccc45)ncc23)cc1. The topological polar surface area (TPSA) is 71.7 Å². The Kier molecular flexibility index (Phi) is 6.42. The Labute approximate surface area is 302 Å². The summed E-state index contributed by atoms with van der Waals surface area (Å²) in [6, 6.07) is 55.5. The smallest absolute Gasteiger partial charge is 0.237 e. The van der Waals surface area contributed by atoms with Crippen LogP contribution in [0.25, 0.3) is 65.9 Å². The second-order valence-corrected chi connectivity index (χ2v) is 13.1. The first-order valence-electron chi connectivity index (χ1n) is 17.5. The van der Waals surface area contributed by atoms with E-state index in [0.717, 1.165) is 83.1 Å². The average Bonchev–Trinajstić information content (AvgIpc) is 3.89. The second-order valence-electron chi connectivity index (χ2n) is 13.1. The first kappa shape index (κ1) is 29.4.